The van der Waals surface area contributed by atoms with Crippen LogP contribution in [-0.2, 0) is 4.79 Å². The Balaban J connectivity index is 1.82. The lowest BCUT2D eigenvalue weighted by Gasteiger charge is -2.54. The molecule has 2 fully saturated rings. The van der Waals surface area contributed by atoms with E-state index in [1.165, 1.54) is 19.3 Å². The van der Waals surface area contributed by atoms with E-state index < -0.39 is 0 Å². The Kier molecular flexibility index (Phi) is 5.67. The summed E-state index contributed by atoms with van der Waals surface area (Å²) in [5.74, 6) is 0.352. The number of piperidine rings is 1. The topological polar surface area (TPSA) is 32.3 Å². The predicted molar refractivity (Wildman–Crippen MR) is 87.1 cm³/mol. The molecule has 0 aromatic carbocycles. The fourth-order valence-electron chi connectivity index (χ4n) is 4.06. The standard InChI is InChI=1S/C17H34N3O/c1-5-14(6-2)18-11-10-17(21)19-12-15-8-7-9-16(13-19)20(15,3)4/h14-16,18H,5-13H2,1-4H3/q+1. The smallest absolute Gasteiger partial charge is 0.224 e. The van der Waals surface area contributed by atoms with Crippen molar-refractivity contribution in [3.8, 4) is 0 Å². The van der Waals surface area contributed by atoms with Gasteiger partial charge in [-0.2, -0.15) is 0 Å². The van der Waals surface area contributed by atoms with E-state index in [1.807, 2.05) is 0 Å². The molecule has 2 saturated heterocycles. The highest BCUT2D eigenvalue weighted by Gasteiger charge is 2.46. The summed E-state index contributed by atoms with van der Waals surface area (Å²) in [6.07, 6.45) is 6.84. The highest BCUT2D eigenvalue weighted by Crippen LogP contribution is 2.32. The van der Waals surface area contributed by atoms with E-state index in [1.54, 1.807) is 0 Å². The van der Waals surface area contributed by atoms with E-state index in [0.29, 0.717) is 30.5 Å². The summed E-state index contributed by atoms with van der Waals surface area (Å²) in [6.45, 7) is 7.17. The summed E-state index contributed by atoms with van der Waals surface area (Å²) in [7, 11) is 4.70. The van der Waals surface area contributed by atoms with E-state index in [2.05, 4.69) is 38.2 Å². The molecule has 2 atom stereocenters. The van der Waals surface area contributed by atoms with Gasteiger partial charge < -0.3 is 14.7 Å². The summed E-state index contributed by atoms with van der Waals surface area (Å²) in [5, 5.41) is 3.50. The molecule has 0 radical (unpaired) electrons. The van der Waals surface area contributed by atoms with E-state index >= 15 is 0 Å². The molecule has 2 aliphatic rings. The Morgan fingerprint density at radius 3 is 2.29 bits per heavy atom. The van der Waals surface area contributed by atoms with Crippen molar-refractivity contribution in [2.45, 2.75) is 70.5 Å². The number of nitrogens with zero attached hydrogens (tertiary/aromatic N) is 2. The maximum atomic E-state index is 12.5. The second-order valence-corrected chi connectivity index (χ2v) is 7.38. The summed E-state index contributed by atoms with van der Waals surface area (Å²) in [4.78, 5) is 14.6. The van der Waals surface area contributed by atoms with Crippen molar-refractivity contribution < 1.29 is 9.28 Å². The average molecular weight is 296 g/mol. The molecule has 0 spiro atoms. The number of nitrogens with one attached hydrogen (secondary N) is 1. The zero-order valence-corrected chi connectivity index (χ0v) is 14.4. The molecule has 1 amide bonds. The molecule has 2 aliphatic heterocycles. The minimum atomic E-state index is 0.352. The number of quaternary nitrogens is 1. The molecule has 4 nitrogen and oxygen atoms in total. The Labute approximate surface area is 130 Å². The lowest BCUT2D eigenvalue weighted by Crippen LogP contribution is -2.69. The van der Waals surface area contributed by atoms with Crippen LogP contribution in [0.4, 0.5) is 0 Å². The molecule has 2 heterocycles. The van der Waals surface area contributed by atoms with Crippen molar-refractivity contribution in [3.05, 3.63) is 0 Å². The van der Waals surface area contributed by atoms with E-state index in [9.17, 15) is 4.79 Å². The van der Waals surface area contributed by atoms with Crippen LogP contribution >= 0.6 is 0 Å². The lowest BCUT2D eigenvalue weighted by molar-refractivity contribution is -0.948. The second-order valence-electron chi connectivity index (χ2n) is 7.38. The number of likely N-dealkylation sites (tertiary alicyclic amines) is 1. The van der Waals surface area contributed by atoms with Gasteiger partial charge in [-0.1, -0.05) is 13.8 Å². The third-order valence-electron chi connectivity index (χ3n) is 5.93. The van der Waals surface area contributed by atoms with Gasteiger partial charge in [0.2, 0.25) is 5.91 Å². The van der Waals surface area contributed by atoms with E-state index in [0.717, 1.165) is 37.0 Å². The molecular weight excluding hydrogens is 262 g/mol. The number of hydrogen-bond acceptors (Lipinski definition) is 2. The molecule has 21 heavy (non-hydrogen) atoms. The van der Waals surface area contributed by atoms with Gasteiger partial charge in [0, 0.05) is 31.8 Å². The van der Waals surface area contributed by atoms with Crippen molar-refractivity contribution in [1.82, 2.24) is 10.2 Å². The van der Waals surface area contributed by atoms with Crippen LogP contribution in [0.2, 0.25) is 0 Å². The molecule has 2 bridgehead atoms. The zero-order chi connectivity index (χ0) is 15.5. The number of carbonyl (C=O) groups excluding carboxylic acids is 1. The Morgan fingerprint density at radius 2 is 1.76 bits per heavy atom. The molecule has 4 heteroatoms. The monoisotopic (exact) mass is 296 g/mol. The van der Waals surface area contributed by atoms with Gasteiger partial charge in [-0.3, -0.25) is 4.79 Å². The van der Waals surface area contributed by atoms with Gasteiger partial charge >= 0.3 is 0 Å². The summed E-state index contributed by atoms with van der Waals surface area (Å²) in [6, 6.07) is 1.86. The zero-order valence-electron chi connectivity index (χ0n) is 14.4. The normalized spacial score (nSPS) is 28.0. The van der Waals surface area contributed by atoms with Crippen molar-refractivity contribution in [1.29, 1.82) is 0 Å². The third-order valence-corrected chi connectivity index (χ3v) is 5.93. The van der Waals surface area contributed by atoms with Crippen molar-refractivity contribution in [3.63, 3.8) is 0 Å². The van der Waals surface area contributed by atoms with Crippen LogP contribution in [0.5, 0.6) is 0 Å². The maximum absolute atomic E-state index is 12.5. The first-order valence-corrected chi connectivity index (χ1v) is 8.83. The van der Waals surface area contributed by atoms with Crippen LogP contribution in [0.3, 0.4) is 0 Å². The number of rotatable bonds is 6. The van der Waals surface area contributed by atoms with Gasteiger partial charge in [0.1, 0.15) is 12.1 Å². The van der Waals surface area contributed by atoms with Gasteiger partial charge in [0.25, 0.3) is 0 Å². The van der Waals surface area contributed by atoms with Crippen molar-refractivity contribution in [2.24, 2.45) is 0 Å². The molecule has 2 rings (SSSR count). The van der Waals surface area contributed by atoms with Crippen LogP contribution < -0.4 is 5.32 Å². The van der Waals surface area contributed by atoms with E-state index in [4.69, 9.17) is 0 Å². The SMILES string of the molecule is CCC(CC)NCCC(=O)N1CC2CCCC(C1)[N+]2(C)C. The van der Waals surface area contributed by atoms with Gasteiger partial charge in [-0.25, -0.2) is 0 Å². The molecule has 2 unspecified atom stereocenters. The van der Waals surface area contributed by atoms with Crippen LogP contribution in [0.25, 0.3) is 0 Å². The van der Waals surface area contributed by atoms with Gasteiger partial charge in [-0.05, 0) is 19.3 Å². The highest BCUT2D eigenvalue weighted by molar-refractivity contribution is 5.76. The fourth-order valence-corrected chi connectivity index (χ4v) is 4.06. The second kappa shape index (κ2) is 7.10. The minimum Gasteiger partial charge on any atom is -0.331 e. The molecule has 1 N–H and O–H groups in total. The minimum absolute atomic E-state index is 0.352. The van der Waals surface area contributed by atoms with Crippen LogP contribution in [0.15, 0.2) is 0 Å². The first kappa shape index (κ1) is 16.8. The Morgan fingerprint density at radius 1 is 1.19 bits per heavy atom. The lowest BCUT2D eigenvalue weighted by atomic mass is 9.89. The van der Waals surface area contributed by atoms with Crippen LogP contribution in [0, 0.1) is 0 Å². The van der Waals surface area contributed by atoms with Crippen molar-refractivity contribution >= 4 is 5.91 Å². The first-order chi connectivity index (χ1) is 9.98. The Hall–Kier alpha value is -0.610. The molecule has 0 aromatic heterocycles. The Bertz CT molecular complexity index is 336. The molecule has 0 aliphatic carbocycles. The average Bonchev–Trinajstić information content (AvgIpc) is 2.42. The quantitative estimate of drug-likeness (QED) is 0.760. The summed E-state index contributed by atoms with van der Waals surface area (Å²) >= 11 is 0. The number of fused-ring (bicyclic) bond motifs is 2. The van der Waals surface area contributed by atoms with Crippen molar-refractivity contribution in [2.75, 3.05) is 33.7 Å². The highest BCUT2D eigenvalue weighted by atomic mass is 16.2. The number of hydrogen-bond donors (Lipinski definition) is 1. The number of carbonyl (C=O) groups is 1. The number of amides is 1. The van der Waals surface area contributed by atoms with E-state index in [-0.39, 0.29) is 0 Å². The molecular formula is C17H34N3O+. The van der Waals surface area contributed by atoms with Gasteiger partial charge in [0.15, 0.2) is 0 Å². The van der Waals surface area contributed by atoms with Crippen LogP contribution in [-0.4, -0.2) is 67.1 Å². The van der Waals surface area contributed by atoms with Gasteiger partial charge in [0.05, 0.1) is 27.2 Å². The van der Waals surface area contributed by atoms with Crippen LogP contribution in [0.1, 0.15) is 52.4 Å². The van der Waals surface area contributed by atoms with Gasteiger partial charge in [-0.15, -0.1) is 0 Å². The third kappa shape index (κ3) is 3.78. The number of likely N-dealkylation sites (N-methyl/N-ethyl adjacent to an activating group) is 1. The summed E-state index contributed by atoms with van der Waals surface area (Å²) < 4.78 is 1.12. The first-order valence-electron chi connectivity index (χ1n) is 8.83. The molecule has 0 aromatic rings. The largest absolute Gasteiger partial charge is 0.331 e. The fraction of sp³-hybridized carbons (Fsp3) is 0.941. The molecule has 0 saturated carbocycles. The summed E-state index contributed by atoms with van der Waals surface area (Å²) in [5.41, 5.74) is 0. The molecule has 122 valence electrons. The maximum Gasteiger partial charge on any atom is 0.224 e. The number of piperazine rings is 1. The predicted octanol–water partition coefficient (Wildman–Crippen LogP) is 1.99.